The molecule has 0 aliphatic rings. The van der Waals surface area contributed by atoms with Crippen LogP contribution in [-0.4, -0.2) is 43.4 Å². The van der Waals surface area contributed by atoms with Crippen LogP contribution >= 0.6 is 0 Å². The first-order valence-corrected chi connectivity index (χ1v) is 8.77. The van der Waals surface area contributed by atoms with E-state index in [1.54, 1.807) is 0 Å². The molecule has 0 aliphatic carbocycles. The standard InChI is InChI=1S/C14H26O7S/c1-5-11(6-2)8-7-9-21-13(16)14(3,22(17,18)19)10-12(15)20-4/h11H,5-10H2,1-4H3,(H,17,18,19). The number of hydrogen-bond acceptors (Lipinski definition) is 6. The van der Waals surface area contributed by atoms with Crippen LogP contribution in [0.2, 0.25) is 0 Å². The lowest BCUT2D eigenvalue weighted by molar-refractivity contribution is -0.152. The van der Waals surface area contributed by atoms with Crippen LogP contribution in [0.5, 0.6) is 0 Å². The molecule has 0 bridgehead atoms. The van der Waals surface area contributed by atoms with E-state index < -0.39 is 33.2 Å². The smallest absolute Gasteiger partial charge is 0.330 e. The highest BCUT2D eigenvalue weighted by Crippen LogP contribution is 2.24. The molecular weight excluding hydrogens is 312 g/mol. The number of methoxy groups -OCH3 is 1. The minimum absolute atomic E-state index is 0.0433. The summed E-state index contributed by atoms with van der Waals surface area (Å²) in [4.78, 5) is 23.2. The van der Waals surface area contributed by atoms with E-state index in [-0.39, 0.29) is 6.61 Å². The van der Waals surface area contributed by atoms with E-state index in [4.69, 9.17) is 4.74 Å². The van der Waals surface area contributed by atoms with Crippen molar-refractivity contribution in [3.8, 4) is 0 Å². The summed E-state index contributed by atoms with van der Waals surface area (Å²) in [6.07, 6.45) is 2.70. The molecule has 7 nitrogen and oxygen atoms in total. The first-order chi connectivity index (χ1) is 10.1. The largest absolute Gasteiger partial charge is 0.469 e. The Labute approximate surface area is 132 Å². The van der Waals surface area contributed by atoms with Gasteiger partial charge in [0, 0.05) is 0 Å². The Morgan fingerprint density at radius 2 is 1.77 bits per heavy atom. The van der Waals surface area contributed by atoms with E-state index in [9.17, 15) is 22.6 Å². The van der Waals surface area contributed by atoms with Crippen LogP contribution in [0.25, 0.3) is 0 Å². The van der Waals surface area contributed by atoms with Gasteiger partial charge in [0.25, 0.3) is 10.1 Å². The number of esters is 2. The van der Waals surface area contributed by atoms with Crippen molar-refractivity contribution in [3.63, 3.8) is 0 Å². The van der Waals surface area contributed by atoms with Gasteiger partial charge in [-0.25, -0.2) is 0 Å². The molecule has 0 saturated heterocycles. The van der Waals surface area contributed by atoms with Crippen LogP contribution in [0.1, 0.15) is 52.9 Å². The molecule has 1 unspecified atom stereocenters. The van der Waals surface area contributed by atoms with Gasteiger partial charge in [0.15, 0.2) is 0 Å². The maximum atomic E-state index is 12.0. The van der Waals surface area contributed by atoms with E-state index in [1.165, 1.54) is 0 Å². The van der Waals surface area contributed by atoms with Crippen molar-refractivity contribution in [2.45, 2.75) is 57.6 Å². The van der Waals surface area contributed by atoms with Gasteiger partial charge >= 0.3 is 11.9 Å². The Morgan fingerprint density at radius 3 is 2.18 bits per heavy atom. The summed E-state index contributed by atoms with van der Waals surface area (Å²) in [5.41, 5.74) is 0. The van der Waals surface area contributed by atoms with Gasteiger partial charge in [0.2, 0.25) is 4.75 Å². The highest BCUT2D eigenvalue weighted by Gasteiger charge is 2.49. The predicted octanol–water partition coefficient (Wildman–Crippen LogP) is 1.96. The Kier molecular flexibility index (Phi) is 8.62. The van der Waals surface area contributed by atoms with Crippen LogP contribution in [0.4, 0.5) is 0 Å². The maximum Gasteiger partial charge on any atom is 0.330 e. The van der Waals surface area contributed by atoms with Crippen molar-refractivity contribution >= 4 is 22.1 Å². The first-order valence-electron chi connectivity index (χ1n) is 7.33. The van der Waals surface area contributed by atoms with Crippen molar-refractivity contribution in [3.05, 3.63) is 0 Å². The third-order valence-corrected chi connectivity index (χ3v) is 5.30. The molecule has 0 aliphatic heterocycles. The Hall–Kier alpha value is -1.15. The normalized spacial score (nSPS) is 14.5. The number of rotatable bonds is 10. The van der Waals surface area contributed by atoms with Gasteiger partial charge in [0.1, 0.15) is 0 Å². The molecule has 0 radical (unpaired) electrons. The lowest BCUT2D eigenvalue weighted by Gasteiger charge is -2.23. The topological polar surface area (TPSA) is 107 Å². The molecule has 0 aromatic rings. The number of ether oxygens (including phenoxy) is 2. The fourth-order valence-corrected chi connectivity index (χ4v) is 2.57. The minimum Gasteiger partial charge on any atom is -0.469 e. The van der Waals surface area contributed by atoms with Gasteiger partial charge < -0.3 is 9.47 Å². The van der Waals surface area contributed by atoms with Crippen molar-refractivity contribution in [1.29, 1.82) is 0 Å². The molecule has 0 amide bonds. The van der Waals surface area contributed by atoms with Gasteiger partial charge in [-0.05, 0) is 25.7 Å². The number of carbonyl (C=O) groups excluding carboxylic acids is 2. The fourth-order valence-electron chi connectivity index (χ4n) is 2.00. The zero-order valence-electron chi connectivity index (χ0n) is 13.6. The van der Waals surface area contributed by atoms with Gasteiger partial charge in [-0.1, -0.05) is 26.7 Å². The molecule has 8 heteroatoms. The Balaban J connectivity index is 4.70. The first kappa shape index (κ1) is 20.9. The van der Waals surface area contributed by atoms with Gasteiger partial charge in [-0.2, -0.15) is 8.42 Å². The Bertz CT molecular complexity index is 468. The van der Waals surface area contributed by atoms with Gasteiger partial charge in [-0.3, -0.25) is 14.1 Å². The predicted molar refractivity (Wildman–Crippen MR) is 80.9 cm³/mol. The molecule has 0 saturated carbocycles. The van der Waals surface area contributed by atoms with E-state index in [0.717, 1.165) is 33.3 Å². The molecule has 0 fully saturated rings. The number of hydrogen-bond donors (Lipinski definition) is 1. The van der Waals surface area contributed by atoms with Crippen molar-refractivity contribution in [1.82, 2.24) is 0 Å². The molecule has 130 valence electrons. The van der Waals surface area contributed by atoms with Crippen LogP contribution in [0, 0.1) is 5.92 Å². The van der Waals surface area contributed by atoms with Gasteiger partial charge in [-0.15, -0.1) is 0 Å². The van der Waals surface area contributed by atoms with E-state index in [2.05, 4.69) is 18.6 Å². The minimum atomic E-state index is -4.81. The molecule has 0 rings (SSSR count). The molecule has 0 aromatic carbocycles. The molecule has 0 spiro atoms. The SMILES string of the molecule is CCC(CC)CCCOC(=O)C(C)(CC(=O)OC)S(=O)(=O)O. The van der Waals surface area contributed by atoms with E-state index in [0.29, 0.717) is 12.3 Å². The fraction of sp³-hybridized carbons (Fsp3) is 0.857. The maximum absolute atomic E-state index is 12.0. The lowest BCUT2D eigenvalue weighted by atomic mass is 9.98. The summed E-state index contributed by atoms with van der Waals surface area (Å²) in [6.45, 7) is 5.14. The van der Waals surface area contributed by atoms with Crippen LogP contribution in [0.3, 0.4) is 0 Å². The van der Waals surface area contributed by atoms with Gasteiger partial charge in [0.05, 0.1) is 20.1 Å². The monoisotopic (exact) mass is 338 g/mol. The second kappa shape index (κ2) is 9.09. The summed E-state index contributed by atoms with van der Waals surface area (Å²) >= 11 is 0. The average Bonchev–Trinajstić information content (AvgIpc) is 2.45. The van der Waals surface area contributed by atoms with Crippen molar-refractivity contribution < 1.29 is 32.0 Å². The third kappa shape index (κ3) is 5.92. The molecule has 1 atom stereocenters. The summed E-state index contributed by atoms with van der Waals surface area (Å²) in [7, 11) is -3.74. The van der Waals surface area contributed by atoms with Crippen LogP contribution in [-0.2, 0) is 29.2 Å². The van der Waals surface area contributed by atoms with Crippen LogP contribution < -0.4 is 0 Å². The van der Waals surface area contributed by atoms with Crippen molar-refractivity contribution in [2.75, 3.05) is 13.7 Å². The molecule has 1 N–H and O–H groups in total. The quantitative estimate of drug-likeness (QED) is 0.368. The van der Waals surface area contributed by atoms with Crippen LogP contribution in [0.15, 0.2) is 0 Å². The summed E-state index contributed by atoms with van der Waals surface area (Å²) < 4.78 is 39.0. The summed E-state index contributed by atoms with van der Waals surface area (Å²) in [6, 6.07) is 0. The zero-order valence-corrected chi connectivity index (χ0v) is 14.4. The molecule has 22 heavy (non-hydrogen) atoms. The highest BCUT2D eigenvalue weighted by molar-refractivity contribution is 7.88. The lowest BCUT2D eigenvalue weighted by Crippen LogP contribution is -2.46. The second-order valence-corrected chi connectivity index (χ2v) is 7.27. The molecule has 0 heterocycles. The van der Waals surface area contributed by atoms with Crippen molar-refractivity contribution in [2.24, 2.45) is 5.92 Å². The Morgan fingerprint density at radius 1 is 1.23 bits per heavy atom. The molecule has 0 aromatic heterocycles. The zero-order chi connectivity index (χ0) is 17.4. The van der Waals surface area contributed by atoms with E-state index in [1.807, 2.05) is 0 Å². The number of carbonyl (C=O) groups is 2. The van der Waals surface area contributed by atoms with E-state index >= 15 is 0 Å². The highest BCUT2D eigenvalue weighted by atomic mass is 32.2. The second-order valence-electron chi connectivity index (χ2n) is 5.42. The summed E-state index contributed by atoms with van der Waals surface area (Å²) in [5.74, 6) is -1.54. The third-order valence-electron chi connectivity index (χ3n) is 3.86. The average molecular weight is 338 g/mol. The summed E-state index contributed by atoms with van der Waals surface area (Å²) in [5, 5.41) is 0. The molecular formula is C14H26O7S.